The van der Waals surface area contributed by atoms with E-state index >= 15 is 0 Å². The van der Waals surface area contributed by atoms with Crippen molar-refractivity contribution in [3.05, 3.63) is 54.7 Å². The molecule has 5 nitrogen and oxygen atoms in total. The predicted octanol–water partition coefficient (Wildman–Crippen LogP) is 2.38. The zero-order chi connectivity index (χ0) is 12.8. The first-order valence-electron chi connectivity index (χ1n) is 6.06. The van der Waals surface area contributed by atoms with Crippen molar-refractivity contribution in [2.24, 2.45) is 0 Å². The monoisotopic (exact) mass is 249 g/mol. The Morgan fingerprint density at radius 2 is 1.95 bits per heavy atom. The smallest absolute Gasteiger partial charge is 0.164 e. The number of para-hydroxylation sites is 2. The molecule has 0 fully saturated rings. The van der Waals surface area contributed by atoms with E-state index in [1.807, 2.05) is 52.5 Å². The van der Waals surface area contributed by atoms with Crippen molar-refractivity contribution in [3.8, 4) is 5.82 Å². The highest BCUT2D eigenvalue weighted by molar-refractivity contribution is 5.79. The lowest BCUT2D eigenvalue weighted by molar-refractivity contribution is 0.902. The summed E-state index contributed by atoms with van der Waals surface area (Å²) in [7, 11) is 0. The summed E-state index contributed by atoms with van der Waals surface area (Å²) in [6, 6.07) is 10.0. The molecular weight excluding hydrogens is 238 g/mol. The molecule has 5 heteroatoms. The number of imidazole rings is 1. The Morgan fingerprint density at radius 1 is 1.05 bits per heavy atom. The van der Waals surface area contributed by atoms with Crippen molar-refractivity contribution < 1.29 is 0 Å². The van der Waals surface area contributed by atoms with Crippen molar-refractivity contribution in [3.63, 3.8) is 0 Å². The molecule has 19 heavy (non-hydrogen) atoms. The molecular formula is C14H11N5. The fourth-order valence-electron chi connectivity index (χ4n) is 2.34. The van der Waals surface area contributed by atoms with Gasteiger partial charge in [-0.2, -0.15) is 5.10 Å². The molecule has 0 saturated carbocycles. The van der Waals surface area contributed by atoms with Crippen LogP contribution in [0.1, 0.15) is 5.69 Å². The third-order valence-electron chi connectivity index (χ3n) is 3.17. The largest absolute Gasteiger partial charge is 0.281 e. The van der Waals surface area contributed by atoms with Crippen molar-refractivity contribution in [2.45, 2.75) is 6.92 Å². The summed E-state index contributed by atoms with van der Waals surface area (Å²) in [6.07, 6.45) is 5.41. The van der Waals surface area contributed by atoms with Crippen LogP contribution in [0.25, 0.3) is 22.4 Å². The van der Waals surface area contributed by atoms with Gasteiger partial charge in [-0.05, 0) is 25.1 Å². The standard InChI is InChI=1S/C14H11N5/c1-10-8-13-14(15-6-7-19(13)17-10)18-9-16-11-4-2-3-5-12(11)18/h2-9H,1H3. The number of nitrogens with zero attached hydrogens (tertiary/aromatic N) is 5. The number of hydrogen-bond acceptors (Lipinski definition) is 3. The maximum absolute atomic E-state index is 4.47. The molecule has 0 aliphatic carbocycles. The minimum absolute atomic E-state index is 0.844. The average Bonchev–Trinajstić information content (AvgIpc) is 3.00. The molecule has 0 aliphatic heterocycles. The molecule has 3 heterocycles. The normalized spacial score (nSPS) is 11.4. The Hall–Kier alpha value is -2.69. The van der Waals surface area contributed by atoms with Crippen LogP contribution in [0.2, 0.25) is 0 Å². The highest BCUT2D eigenvalue weighted by Gasteiger charge is 2.10. The molecule has 0 atom stereocenters. The van der Waals surface area contributed by atoms with Gasteiger partial charge >= 0.3 is 0 Å². The van der Waals surface area contributed by atoms with Crippen LogP contribution >= 0.6 is 0 Å². The van der Waals surface area contributed by atoms with Gasteiger partial charge in [0.1, 0.15) is 11.8 Å². The minimum Gasteiger partial charge on any atom is -0.281 e. The van der Waals surface area contributed by atoms with Gasteiger partial charge in [0.25, 0.3) is 0 Å². The van der Waals surface area contributed by atoms with E-state index in [4.69, 9.17) is 0 Å². The topological polar surface area (TPSA) is 48.0 Å². The summed E-state index contributed by atoms with van der Waals surface area (Å²) in [4.78, 5) is 8.88. The number of benzene rings is 1. The molecule has 0 saturated heterocycles. The molecule has 3 aromatic heterocycles. The van der Waals surface area contributed by atoms with Crippen LogP contribution in [-0.2, 0) is 0 Å². The molecule has 92 valence electrons. The van der Waals surface area contributed by atoms with E-state index in [0.717, 1.165) is 28.1 Å². The molecule has 0 N–H and O–H groups in total. The van der Waals surface area contributed by atoms with Gasteiger partial charge in [0.15, 0.2) is 5.82 Å². The van der Waals surface area contributed by atoms with Gasteiger partial charge in [0, 0.05) is 12.4 Å². The summed E-state index contributed by atoms with van der Waals surface area (Å²) in [5, 5.41) is 4.41. The molecule has 0 unspecified atom stereocenters. The van der Waals surface area contributed by atoms with Crippen molar-refractivity contribution in [2.75, 3.05) is 0 Å². The van der Waals surface area contributed by atoms with Gasteiger partial charge in [-0.25, -0.2) is 14.5 Å². The van der Waals surface area contributed by atoms with Crippen LogP contribution in [0.3, 0.4) is 0 Å². The zero-order valence-corrected chi connectivity index (χ0v) is 10.4. The van der Waals surface area contributed by atoms with Crippen LogP contribution in [0.15, 0.2) is 49.1 Å². The molecule has 4 rings (SSSR count). The highest BCUT2D eigenvalue weighted by atomic mass is 15.2. The number of hydrogen-bond donors (Lipinski definition) is 0. The van der Waals surface area contributed by atoms with Gasteiger partial charge in [0.2, 0.25) is 0 Å². The Labute approximate surface area is 109 Å². The van der Waals surface area contributed by atoms with Crippen molar-refractivity contribution in [1.82, 2.24) is 24.1 Å². The second kappa shape index (κ2) is 3.65. The van der Waals surface area contributed by atoms with Crippen LogP contribution in [0, 0.1) is 6.92 Å². The first kappa shape index (κ1) is 10.3. The Morgan fingerprint density at radius 3 is 2.89 bits per heavy atom. The van der Waals surface area contributed by atoms with Crippen molar-refractivity contribution in [1.29, 1.82) is 0 Å². The zero-order valence-electron chi connectivity index (χ0n) is 10.4. The fourth-order valence-corrected chi connectivity index (χ4v) is 2.34. The average molecular weight is 249 g/mol. The quantitative estimate of drug-likeness (QED) is 0.520. The first-order valence-corrected chi connectivity index (χ1v) is 6.06. The van der Waals surface area contributed by atoms with Gasteiger partial charge < -0.3 is 0 Å². The van der Waals surface area contributed by atoms with E-state index in [1.54, 1.807) is 12.5 Å². The van der Waals surface area contributed by atoms with E-state index in [1.165, 1.54) is 0 Å². The maximum Gasteiger partial charge on any atom is 0.164 e. The first-order chi connectivity index (χ1) is 9.33. The van der Waals surface area contributed by atoms with Crippen LogP contribution < -0.4 is 0 Å². The summed E-state index contributed by atoms with van der Waals surface area (Å²) >= 11 is 0. The Bertz CT molecular complexity index is 887. The van der Waals surface area contributed by atoms with E-state index < -0.39 is 0 Å². The highest BCUT2D eigenvalue weighted by Crippen LogP contribution is 2.20. The second-order valence-corrected chi connectivity index (χ2v) is 4.47. The summed E-state index contributed by atoms with van der Waals surface area (Å²) in [5.41, 5.74) is 3.95. The fraction of sp³-hybridized carbons (Fsp3) is 0.0714. The van der Waals surface area contributed by atoms with E-state index in [0.29, 0.717) is 0 Å². The lowest BCUT2D eigenvalue weighted by atomic mass is 10.3. The van der Waals surface area contributed by atoms with Crippen LogP contribution in [-0.4, -0.2) is 24.1 Å². The molecule has 0 radical (unpaired) electrons. The number of aromatic nitrogens is 5. The summed E-state index contributed by atoms with van der Waals surface area (Å²) < 4.78 is 3.83. The molecule has 4 aromatic rings. The lowest BCUT2D eigenvalue weighted by Crippen LogP contribution is -1.99. The Kier molecular flexibility index (Phi) is 1.97. The summed E-state index contributed by atoms with van der Waals surface area (Å²) in [6.45, 7) is 1.97. The molecule has 0 amide bonds. The Balaban J connectivity index is 2.09. The van der Waals surface area contributed by atoms with Crippen LogP contribution in [0.5, 0.6) is 0 Å². The van der Waals surface area contributed by atoms with Crippen molar-refractivity contribution >= 4 is 16.6 Å². The van der Waals surface area contributed by atoms with Gasteiger partial charge in [-0.1, -0.05) is 12.1 Å². The number of fused-ring (bicyclic) bond motifs is 2. The SMILES string of the molecule is Cc1cc2c(-n3cnc4ccccc43)nccn2n1. The number of rotatable bonds is 1. The molecule has 0 spiro atoms. The second-order valence-electron chi connectivity index (χ2n) is 4.47. The van der Waals surface area contributed by atoms with E-state index in [9.17, 15) is 0 Å². The number of aryl methyl sites for hydroxylation is 1. The molecule has 0 aliphatic rings. The van der Waals surface area contributed by atoms with Crippen LogP contribution in [0.4, 0.5) is 0 Å². The van der Waals surface area contributed by atoms with Gasteiger partial charge in [-0.3, -0.25) is 4.57 Å². The van der Waals surface area contributed by atoms with Gasteiger partial charge in [-0.15, -0.1) is 0 Å². The predicted molar refractivity (Wildman–Crippen MR) is 72.4 cm³/mol. The van der Waals surface area contributed by atoms with Gasteiger partial charge in [0.05, 0.1) is 16.7 Å². The van der Waals surface area contributed by atoms with E-state index in [-0.39, 0.29) is 0 Å². The molecule has 1 aromatic carbocycles. The molecule has 0 bridgehead atoms. The third kappa shape index (κ3) is 1.45. The maximum atomic E-state index is 4.47. The van der Waals surface area contributed by atoms with E-state index in [2.05, 4.69) is 15.1 Å². The minimum atomic E-state index is 0.844. The summed E-state index contributed by atoms with van der Waals surface area (Å²) in [5.74, 6) is 0.844. The lowest BCUT2D eigenvalue weighted by Gasteiger charge is -2.04. The third-order valence-corrected chi connectivity index (χ3v) is 3.17.